The summed E-state index contributed by atoms with van der Waals surface area (Å²) in [5, 5.41) is 1.13. The SMILES string of the molecule is Cc1ccc2c(c1)C(C)(C)c1cc(C)ccc1N2c1ccc2c(c1)c1ncccc1n2-c1cccnc1. The van der Waals surface area contributed by atoms with E-state index in [0.29, 0.717) is 0 Å². The third-order valence-corrected chi connectivity index (χ3v) is 7.80. The van der Waals surface area contributed by atoms with E-state index in [4.69, 9.17) is 4.98 Å². The monoisotopic (exact) mass is 480 g/mol. The van der Waals surface area contributed by atoms with Crippen LogP contribution in [0.4, 0.5) is 17.1 Å². The molecule has 1 aliphatic heterocycles. The third-order valence-electron chi connectivity index (χ3n) is 7.80. The van der Waals surface area contributed by atoms with Crippen LogP contribution in [-0.4, -0.2) is 14.5 Å². The van der Waals surface area contributed by atoms with Crippen LogP contribution in [0.15, 0.2) is 97.5 Å². The largest absolute Gasteiger partial charge is 0.310 e. The Morgan fingerprint density at radius 3 is 2.05 bits per heavy atom. The fourth-order valence-corrected chi connectivity index (χ4v) is 5.97. The molecule has 0 N–H and O–H groups in total. The molecular weight excluding hydrogens is 452 g/mol. The van der Waals surface area contributed by atoms with Gasteiger partial charge >= 0.3 is 0 Å². The molecule has 4 heterocycles. The Kier molecular flexibility index (Phi) is 4.58. The number of aromatic nitrogens is 3. The second-order valence-electron chi connectivity index (χ2n) is 10.6. The van der Waals surface area contributed by atoms with Gasteiger partial charge in [0.1, 0.15) is 0 Å². The van der Waals surface area contributed by atoms with Crippen LogP contribution in [-0.2, 0) is 5.41 Å². The zero-order valence-corrected chi connectivity index (χ0v) is 21.5. The van der Waals surface area contributed by atoms with Gasteiger partial charge in [-0.15, -0.1) is 0 Å². The Hall–Kier alpha value is -4.44. The topological polar surface area (TPSA) is 34.0 Å². The molecule has 0 saturated heterocycles. The molecule has 180 valence electrons. The molecule has 0 atom stereocenters. The van der Waals surface area contributed by atoms with Gasteiger partial charge in [-0.3, -0.25) is 9.97 Å². The molecular formula is C33H28N4. The van der Waals surface area contributed by atoms with Crippen molar-refractivity contribution in [2.24, 2.45) is 0 Å². The highest BCUT2D eigenvalue weighted by Gasteiger charge is 2.37. The number of aryl methyl sites for hydroxylation is 2. The van der Waals surface area contributed by atoms with E-state index in [1.54, 1.807) is 0 Å². The van der Waals surface area contributed by atoms with Crippen molar-refractivity contribution in [3.05, 3.63) is 120 Å². The van der Waals surface area contributed by atoms with E-state index in [9.17, 15) is 0 Å². The lowest BCUT2D eigenvalue weighted by atomic mass is 9.72. The van der Waals surface area contributed by atoms with Crippen molar-refractivity contribution in [2.45, 2.75) is 33.1 Å². The Labute approximate surface area is 216 Å². The number of benzene rings is 3. The summed E-state index contributed by atoms with van der Waals surface area (Å²) in [5.41, 5.74) is 13.0. The lowest BCUT2D eigenvalue weighted by molar-refractivity contribution is 0.630. The fraction of sp³-hybridized carbons (Fsp3) is 0.152. The quantitative estimate of drug-likeness (QED) is 0.250. The molecule has 0 amide bonds. The first kappa shape index (κ1) is 21.8. The van der Waals surface area contributed by atoms with E-state index in [2.05, 4.69) is 109 Å². The summed E-state index contributed by atoms with van der Waals surface area (Å²) >= 11 is 0. The van der Waals surface area contributed by atoms with Crippen LogP contribution in [0.25, 0.3) is 27.6 Å². The van der Waals surface area contributed by atoms with Crippen LogP contribution < -0.4 is 4.90 Å². The summed E-state index contributed by atoms with van der Waals surface area (Å²) < 4.78 is 2.25. The first-order chi connectivity index (χ1) is 17.9. The Bertz CT molecular complexity index is 1770. The summed E-state index contributed by atoms with van der Waals surface area (Å²) in [5.74, 6) is 0. The number of anilines is 3. The minimum atomic E-state index is -0.0960. The zero-order valence-electron chi connectivity index (χ0n) is 21.5. The molecule has 6 aromatic rings. The predicted molar refractivity (Wildman–Crippen MR) is 153 cm³/mol. The maximum Gasteiger partial charge on any atom is 0.0964 e. The number of pyridine rings is 2. The highest BCUT2D eigenvalue weighted by atomic mass is 15.2. The summed E-state index contributed by atoms with van der Waals surface area (Å²) in [6.07, 6.45) is 5.59. The predicted octanol–water partition coefficient (Wildman–Crippen LogP) is 8.30. The van der Waals surface area contributed by atoms with Gasteiger partial charge < -0.3 is 9.47 Å². The van der Waals surface area contributed by atoms with Gasteiger partial charge in [0, 0.05) is 28.9 Å². The second-order valence-corrected chi connectivity index (χ2v) is 10.6. The Morgan fingerprint density at radius 2 is 1.38 bits per heavy atom. The summed E-state index contributed by atoms with van der Waals surface area (Å²) in [6, 6.07) is 28.6. The lowest BCUT2D eigenvalue weighted by Gasteiger charge is -2.42. The molecule has 4 nitrogen and oxygen atoms in total. The first-order valence-electron chi connectivity index (χ1n) is 12.8. The molecule has 0 radical (unpaired) electrons. The van der Waals surface area contributed by atoms with Gasteiger partial charge in [0.2, 0.25) is 0 Å². The van der Waals surface area contributed by atoms with Crippen molar-refractivity contribution < 1.29 is 0 Å². The van der Waals surface area contributed by atoms with Gasteiger partial charge in [0.25, 0.3) is 0 Å². The van der Waals surface area contributed by atoms with Gasteiger partial charge in [0.15, 0.2) is 0 Å². The van der Waals surface area contributed by atoms with Crippen LogP contribution in [0.2, 0.25) is 0 Å². The molecule has 0 bridgehead atoms. The number of rotatable bonds is 2. The van der Waals surface area contributed by atoms with Crippen LogP contribution in [0.3, 0.4) is 0 Å². The number of fused-ring (bicyclic) bond motifs is 5. The van der Waals surface area contributed by atoms with Gasteiger partial charge in [-0.05, 0) is 79.6 Å². The summed E-state index contributed by atoms with van der Waals surface area (Å²) in [6.45, 7) is 9.04. The highest BCUT2D eigenvalue weighted by Crippen LogP contribution is 2.52. The smallest absolute Gasteiger partial charge is 0.0964 e. The van der Waals surface area contributed by atoms with E-state index in [0.717, 1.165) is 33.3 Å². The number of hydrogen-bond acceptors (Lipinski definition) is 3. The average molecular weight is 481 g/mol. The molecule has 3 aromatic carbocycles. The first-order valence-corrected chi connectivity index (χ1v) is 12.8. The van der Waals surface area contributed by atoms with E-state index >= 15 is 0 Å². The number of hydrogen-bond donors (Lipinski definition) is 0. The van der Waals surface area contributed by atoms with E-state index < -0.39 is 0 Å². The van der Waals surface area contributed by atoms with Gasteiger partial charge in [-0.2, -0.15) is 0 Å². The molecule has 3 aromatic heterocycles. The molecule has 0 saturated carbocycles. The molecule has 0 unspecified atom stereocenters. The third kappa shape index (κ3) is 3.15. The van der Waals surface area contributed by atoms with Crippen molar-refractivity contribution in [1.29, 1.82) is 0 Å². The standard InChI is InChI=1S/C33H28N4/c1-21-9-12-29-26(17-21)33(3,4)27-18-22(2)10-13-30(27)36(29)23-11-14-28-25(19-23)32-31(8-6-16-35-32)37(28)24-7-5-15-34-20-24/h5-20H,1-4H3. The molecule has 1 aliphatic rings. The Morgan fingerprint density at radius 1 is 0.676 bits per heavy atom. The lowest BCUT2D eigenvalue weighted by Crippen LogP contribution is -2.30. The van der Waals surface area contributed by atoms with Crippen molar-refractivity contribution in [3.8, 4) is 5.69 Å². The van der Waals surface area contributed by atoms with Crippen molar-refractivity contribution in [1.82, 2.24) is 14.5 Å². The highest BCUT2D eigenvalue weighted by molar-refractivity contribution is 6.08. The van der Waals surface area contributed by atoms with Crippen molar-refractivity contribution >= 4 is 39.0 Å². The average Bonchev–Trinajstić information content (AvgIpc) is 3.24. The maximum absolute atomic E-state index is 4.82. The van der Waals surface area contributed by atoms with E-state index in [-0.39, 0.29) is 5.41 Å². The van der Waals surface area contributed by atoms with Crippen molar-refractivity contribution in [3.63, 3.8) is 0 Å². The fourth-order valence-electron chi connectivity index (χ4n) is 5.97. The minimum absolute atomic E-state index is 0.0960. The molecule has 0 aliphatic carbocycles. The van der Waals surface area contributed by atoms with Crippen LogP contribution >= 0.6 is 0 Å². The van der Waals surface area contributed by atoms with Crippen molar-refractivity contribution in [2.75, 3.05) is 4.90 Å². The summed E-state index contributed by atoms with van der Waals surface area (Å²) in [4.78, 5) is 11.6. The number of nitrogens with zero attached hydrogens (tertiary/aromatic N) is 4. The van der Waals surface area contributed by atoms with E-state index in [1.165, 1.54) is 33.6 Å². The van der Waals surface area contributed by atoms with E-state index in [1.807, 2.05) is 30.7 Å². The van der Waals surface area contributed by atoms with Crippen LogP contribution in [0.5, 0.6) is 0 Å². The molecule has 0 fully saturated rings. The minimum Gasteiger partial charge on any atom is -0.310 e. The molecule has 4 heteroatoms. The molecule has 7 rings (SSSR count). The molecule has 37 heavy (non-hydrogen) atoms. The zero-order chi connectivity index (χ0) is 25.3. The van der Waals surface area contributed by atoms with Crippen LogP contribution in [0.1, 0.15) is 36.1 Å². The normalized spacial score (nSPS) is 14.1. The van der Waals surface area contributed by atoms with Crippen LogP contribution in [0, 0.1) is 13.8 Å². The van der Waals surface area contributed by atoms with Gasteiger partial charge in [-0.1, -0.05) is 49.2 Å². The molecule has 0 spiro atoms. The maximum atomic E-state index is 4.82. The van der Waals surface area contributed by atoms with Gasteiger partial charge in [-0.25, -0.2) is 0 Å². The second kappa shape index (κ2) is 7.78. The Balaban J connectivity index is 1.53. The van der Waals surface area contributed by atoms with Gasteiger partial charge in [0.05, 0.1) is 39.8 Å². The summed E-state index contributed by atoms with van der Waals surface area (Å²) in [7, 11) is 0.